The van der Waals surface area contributed by atoms with E-state index in [1.165, 1.54) is 0 Å². The van der Waals surface area contributed by atoms with Crippen molar-refractivity contribution in [2.75, 3.05) is 17.2 Å². The van der Waals surface area contributed by atoms with Gasteiger partial charge in [0.1, 0.15) is 5.69 Å². The van der Waals surface area contributed by atoms with Gasteiger partial charge in [0.05, 0.1) is 12.3 Å². The minimum Gasteiger partial charge on any atom is -0.363 e. The fraction of sp³-hybridized carbons (Fsp3) is 0.0500. The summed E-state index contributed by atoms with van der Waals surface area (Å²) < 4.78 is 0. The number of nitrogens with one attached hydrogen (secondary N) is 2. The Hall–Kier alpha value is -3.47. The van der Waals surface area contributed by atoms with Crippen molar-refractivity contribution in [3.05, 3.63) is 84.1 Å². The summed E-state index contributed by atoms with van der Waals surface area (Å²) in [7, 11) is 0. The smallest absolute Gasteiger partial charge is 0.255 e. The Balaban J connectivity index is 1.60. The third-order valence-electron chi connectivity index (χ3n) is 3.95. The van der Waals surface area contributed by atoms with Crippen LogP contribution in [0, 0.1) is 0 Å². The van der Waals surface area contributed by atoms with Gasteiger partial charge < -0.3 is 10.6 Å². The molecule has 0 unspecified atom stereocenters. The molecule has 1 aliphatic rings. The normalized spacial score (nSPS) is 12.6. The van der Waals surface area contributed by atoms with E-state index in [1.807, 2.05) is 60.7 Å². The zero-order chi connectivity index (χ0) is 17.1. The summed E-state index contributed by atoms with van der Waals surface area (Å²) in [5.74, 6) is 0.642. The summed E-state index contributed by atoms with van der Waals surface area (Å²) in [4.78, 5) is 21.4. The van der Waals surface area contributed by atoms with Crippen LogP contribution in [-0.2, 0) is 0 Å². The summed E-state index contributed by atoms with van der Waals surface area (Å²) in [6.07, 6.45) is 1.74. The second kappa shape index (κ2) is 6.57. The minimum absolute atomic E-state index is 0.139. The number of aliphatic imine (C=N–C) groups is 1. The van der Waals surface area contributed by atoms with Gasteiger partial charge in [-0.25, -0.2) is 9.98 Å². The number of hydrogen-bond donors (Lipinski definition) is 2. The van der Waals surface area contributed by atoms with Crippen LogP contribution in [0.1, 0.15) is 15.9 Å². The Morgan fingerprint density at radius 1 is 1.00 bits per heavy atom. The summed E-state index contributed by atoms with van der Waals surface area (Å²) in [5, 5.41) is 6.16. The molecule has 1 aromatic heterocycles. The third kappa shape index (κ3) is 3.26. The van der Waals surface area contributed by atoms with E-state index in [9.17, 15) is 4.79 Å². The van der Waals surface area contributed by atoms with Crippen LogP contribution >= 0.6 is 0 Å². The Bertz CT molecular complexity index is 951. The first-order valence-corrected chi connectivity index (χ1v) is 8.03. The van der Waals surface area contributed by atoms with Gasteiger partial charge in [0.15, 0.2) is 5.82 Å². The lowest BCUT2D eigenvalue weighted by Crippen LogP contribution is -2.20. The highest BCUT2D eigenvalue weighted by Crippen LogP contribution is 2.26. The molecule has 0 atom stereocenters. The van der Waals surface area contributed by atoms with Gasteiger partial charge in [0.2, 0.25) is 0 Å². The number of pyridine rings is 1. The monoisotopic (exact) mass is 328 g/mol. The molecule has 4 rings (SSSR count). The third-order valence-corrected chi connectivity index (χ3v) is 3.95. The largest absolute Gasteiger partial charge is 0.363 e. The second-order valence-electron chi connectivity index (χ2n) is 5.68. The standard InChI is InChI=1S/C20H16N4O/c25-20(23-16-8-2-1-3-9-16)15-7-4-6-14(12-15)18-13-22-19-17(24-18)10-5-11-21-19/h1-12H,13H2,(H,21,22)(H,23,25). The van der Waals surface area contributed by atoms with E-state index in [4.69, 9.17) is 0 Å². The van der Waals surface area contributed by atoms with Crippen molar-refractivity contribution in [2.24, 2.45) is 4.99 Å². The molecule has 2 N–H and O–H groups in total. The lowest BCUT2D eigenvalue weighted by atomic mass is 10.0. The number of fused-ring (bicyclic) bond motifs is 1. The molecule has 25 heavy (non-hydrogen) atoms. The molecule has 122 valence electrons. The Morgan fingerprint density at radius 3 is 2.76 bits per heavy atom. The van der Waals surface area contributed by atoms with E-state index in [1.54, 1.807) is 12.3 Å². The summed E-state index contributed by atoms with van der Waals surface area (Å²) in [6, 6.07) is 20.7. The highest BCUT2D eigenvalue weighted by atomic mass is 16.1. The Morgan fingerprint density at radius 2 is 1.88 bits per heavy atom. The summed E-state index contributed by atoms with van der Waals surface area (Å²) in [6.45, 7) is 0.577. The van der Waals surface area contributed by atoms with Crippen molar-refractivity contribution in [1.29, 1.82) is 0 Å². The number of hydrogen-bond acceptors (Lipinski definition) is 4. The summed E-state index contributed by atoms with van der Waals surface area (Å²) >= 11 is 0. The molecular formula is C20H16N4O. The lowest BCUT2D eigenvalue weighted by molar-refractivity contribution is 0.102. The molecule has 1 aliphatic heterocycles. The molecule has 0 fully saturated rings. The average Bonchev–Trinajstić information content (AvgIpc) is 2.68. The number of carbonyl (C=O) groups excluding carboxylic acids is 1. The maximum atomic E-state index is 12.5. The van der Waals surface area contributed by atoms with Gasteiger partial charge >= 0.3 is 0 Å². The molecule has 2 heterocycles. The van der Waals surface area contributed by atoms with E-state index in [2.05, 4.69) is 20.6 Å². The highest BCUT2D eigenvalue weighted by molar-refractivity contribution is 6.10. The molecule has 0 spiro atoms. The maximum Gasteiger partial charge on any atom is 0.255 e. The van der Waals surface area contributed by atoms with E-state index in [0.717, 1.165) is 28.5 Å². The van der Waals surface area contributed by atoms with E-state index < -0.39 is 0 Å². The Kier molecular flexibility index (Phi) is 3.96. The molecule has 0 saturated heterocycles. The van der Waals surface area contributed by atoms with Crippen molar-refractivity contribution in [3.63, 3.8) is 0 Å². The number of benzene rings is 2. The molecular weight excluding hydrogens is 312 g/mol. The van der Waals surface area contributed by atoms with Crippen LogP contribution < -0.4 is 10.6 Å². The van der Waals surface area contributed by atoms with Crippen molar-refractivity contribution >= 4 is 28.8 Å². The number of rotatable bonds is 3. The SMILES string of the molecule is O=C(Nc1ccccc1)c1cccc(C2=Nc3cccnc3NC2)c1. The molecule has 5 nitrogen and oxygen atoms in total. The van der Waals surface area contributed by atoms with Gasteiger partial charge in [-0.1, -0.05) is 30.3 Å². The van der Waals surface area contributed by atoms with Crippen molar-refractivity contribution in [1.82, 2.24) is 4.98 Å². The Labute approximate surface area is 145 Å². The molecule has 0 radical (unpaired) electrons. The second-order valence-corrected chi connectivity index (χ2v) is 5.68. The molecule has 1 amide bonds. The van der Waals surface area contributed by atoms with E-state index in [-0.39, 0.29) is 5.91 Å². The fourth-order valence-corrected chi connectivity index (χ4v) is 2.71. The van der Waals surface area contributed by atoms with Gasteiger partial charge in [-0.15, -0.1) is 0 Å². The van der Waals surface area contributed by atoms with Crippen LogP contribution in [0.25, 0.3) is 0 Å². The highest BCUT2D eigenvalue weighted by Gasteiger charge is 2.15. The zero-order valence-corrected chi connectivity index (χ0v) is 13.4. The lowest BCUT2D eigenvalue weighted by Gasteiger charge is -2.17. The van der Waals surface area contributed by atoms with Crippen molar-refractivity contribution in [2.45, 2.75) is 0 Å². The predicted molar refractivity (Wildman–Crippen MR) is 99.8 cm³/mol. The van der Waals surface area contributed by atoms with Crippen LogP contribution in [-0.4, -0.2) is 23.1 Å². The van der Waals surface area contributed by atoms with Crippen molar-refractivity contribution in [3.8, 4) is 0 Å². The van der Waals surface area contributed by atoms with Crippen molar-refractivity contribution < 1.29 is 4.79 Å². The van der Waals surface area contributed by atoms with Crippen LogP contribution in [0.3, 0.4) is 0 Å². The predicted octanol–water partition coefficient (Wildman–Crippen LogP) is 3.88. The first-order chi connectivity index (χ1) is 12.3. The van der Waals surface area contributed by atoms with Gasteiger partial charge in [-0.3, -0.25) is 4.79 Å². The first-order valence-electron chi connectivity index (χ1n) is 8.03. The van der Waals surface area contributed by atoms with Gasteiger partial charge in [0.25, 0.3) is 5.91 Å². The van der Waals surface area contributed by atoms with Crippen LogP contribution in [0.2, 0.25) is 0 Å². The molecule has 0 bridgehead atoms. The number of amides is 1. The van der Waals surface area contributed by atoms with Gasteiger partial charge in [-0.2, -0.15) is 0 Å². The van der Waals surface area contributed by atoms with Gasteiger partial charge in [-0.05, 0) is 42.0 Å². The number of anilines is 2. The first kappa shape index (κ1) is 15.1. The minimum atomic E-state index is -0.139. The molecule has 0 saturated carbocycles. The van der Waals surface area contributed by atoms with Crippen LogP contribution in [0.5, 0.6) is 0 Å². The fourth-order valence-electron chi connectivity index (χ4n) is 2.71. The van der Waals surface area contributed by atoms with E-state index in [0.29, 0.717) is 12.1 Å². The van der Waals surface area contributed by atoms with E-state index >= 15 is 0 Å². The van der Waals surface area contributed by atoms with Crippen LogP contribution in [0.15, 0.2) is 77.9 Å². The number of carbonyl (C=O) groups is 1. The molecule has 5 heteroatoms. The quantitative estimate of drug-likeness (QED) is 0.767. The van der Waals surface area contributed by atoms with Gasteiger partial charge in [0, 0.05) is 17.4 Å². The molecule has 0 aliphatic carbocycles. The van der Waals surface area contributed by atoms with Crippen LogP contribution in [0.4, 0.5) is 17.2 Å². The average molecular weight is 328 g/mol. The summed E-state index contributed by atoms with van der Waals surface area (Å²) in [5.41, 5.74) is 3.98. The zero-order valence-electron chi connectivity index (χ0n) is 13.4. The topological polar surface area (TPSA) is 66.4 Å². The number of aromatic nitrogens is 1. The molecule has 2 aromatic carbocycles. The maximum absolute atomic E-state index is 12.5. The number of para-hydroxylation sites is 1. The molecule has 3 aromatic rings. The number of nitrogens with zero attached hydrogens (tertiary/aromatic N) is 2.